The van der Waals surface area contributed by atoms with Crippen molar-refractivity contribution < 1.29 is 9.59 Å². The van der Waals surface area contributed by atoms with Crippen LogP contribution in [0.1, 0.15) is 13.3 Å². The molecule has 0 atom stereocenters. The molecule has 0 radical (unpaired) electrons. The van der Waals surface area contributed by atoms with Gasteiger partial charge in [-0.2, -0.15) is 0 Å². The first-order valence-electron chi connectivity index (χ1n) is 5.11. The molecular formula is C13H21NO2. The summed E-state index contributed by atoms with van der Waals surface area (Å²) in [5, 5.41) is 0. The second-order valence-corrected chi connectivity index (χ2v) is 3.26. The summed E-state index contributed by atoms with van der Waals surface area (Å²) in [6, 6.07) is 0. The molecule has 0 rings (SSSR count). The first-order valence-corrected chi connectivity index (χ1v) is 5.11. The first kappa shape index (κ1) is 16.9. The Labute approximate surface area is 98.1 Å². The lowest BCUT2D eigenvalue weighted by atomic mass is 10.2. The molecule has 0 unspecified atom stereocenters. The van der Waals surface area contributed by atoms with E-state index < -0.39 is 0 Å². The van der Waals surface area contributed by atoms with Crippen LogP contribution in [0.5, 0.6) is 0 Å². The second-order valence-electron chi connectivity index (χ2n) is 3.26. The monoisotopic (exact) mass is 223 g/mol. The fraction of sp³-hybridized carbons (Fsp3) is 0.385. The minimum Gasteiger partial charge on any atom is -0.309 e. The molecule has 0 N–H and O–H groups in total. The number of hydrogen-bond acceptors (Lipinski definition) is 3. The molecule has 3 nitrogen and oxygen atoms in total. The molecule has 0 aromatic rings. The molecule has 0 aromatic heterocycles. The van der Waals surface area contributed by atoms with Gasteiger partial charge in [0.15, 0.2) is 0 Å². The van der Waals surface area contributed by atoms with Crippen LogP contribution >= 0.6 is 0 Å². The maximum absolute atomic E-state index is 10.1. The van der Waals surface area contributed by atoms with Crippen molar-refractivity contribution in [3.05, 3.63) is 36.5 Å². The van der Waals surface area contributed by atoms with Crippen LogP contribution in [0.4, 0.5) is 0 Å². The first-order chi connectivity index (χ1) is 7.62. The van der Waals surface area contributed by atoms with E-state index in [1.165, 1.54) is 0 Å². The van der Waals surface area contributed by atoms with Gasteiger partial charge in [0.1, 0.15) is 12.6 Å². The SMILES string of the molecule is C=C/C=C\C(C=O)=C/C.CN(C)CCC=O. The van der Waals surface area contributed by atoms with E-state index in [1.54, 1.807) is 24.3 Å². The predicted molar refractivity (Wildman–Crippen MR) is 68.4 cm³/mol. The molecule has 90 valence electrons. The highest BCUT2D eigenvalue weighted by Gasteiger charge is 1.83. The van der Waals surface area contributed by atoms with Gasteiger partial charge in [0.2, 0.25) is 0 Å². The number of carbonyl (C=O) groups excluding carboxylic acids is 2. The molecular weight excluding hydrogens is 202 g/mol. The molecule has 0 saturated heterocycles. The van der Waals surface area contributed by atoms with E-state index in [2.05, 4.69) is 6.58 Å². The largest absolute Gasteiger partial charge is 0.309 e. The van der Waals surface area contributed by atoms with Crippen molar-refractivity contribution in [1.82, 2.24) is 4.90 Å². The number of carbonyl (C=O) groups is 2. The van der Waals surface area contributed by atoms with Crippen molar-refractivity contribution >= 4 is 12.6 Å². The Morgan fingerprint density at radius 3 is 2.19 bits per heavy atom. The third-order valence-electron chi connectivity index (χ3n) is 1.59. The normalized spacial score (nSPS) is 10.9. The molecule has 0 fully saturated rings. The third-order valence-corrected chi connectivity index (χ3v) is 1.59. The summed E-state index contributed by atoms with van der Waals surface area (Å²) in [7, 11) is 3.90. The van der Waals surface area contributed by atoms with E-state index in [1.807, 2.05) is 25.9 Å². The summed E-state index contributed by atoms with van der Waals surface area (Å²) in [6.07, 6.45) is 9.19. The lowest BCUT2D eigenvalue weighted by Crippen LogP contribution is -2.12. The zero-order chi connectivity index (χ0) is 12.8. The Morgan fingerprint density at radius 1 is 1.31 bits per heavy atom. The van der Waals surface area contributed by atoms with Gasteiger partial charge in [0.25, 0.3) is 0 Å². The minimum absolute atomic E-state index is 0.646. The summed E-state index contributed by atoms with van der Waals surface area (Å²) >= 11 is 0. The second kappa shape index (κ2) is 13.5. The summed E-state index contributed by atoms with van der Waals surface area (Å²) in [5.41, 5.74) is 0.676. The molecule has 0 amide bonds. The molecule has 16 heavy (non-hydrogen) atoms. The molecule has 0 spiro atoms. The van der Waals surface area contributed by atoms with Gasteiger partial charge in [0, 0.05) is 18.5 Å². The topological polar surface area (TPSA) is 37.4 Å². The van der Waals surface area contributed by atoms with Gasteiger partial charge in [0.05, 0.1) is 0 Å². The van der Waals surface area contributed by atoms with Crippen LogP contribution in [0.2, 0.25) is 0 Å². The Kier molecular flexibility index (Phi) is 14.3. The maximum atomic E-state index is 10.1. The highest BCUT2D eigenvalue weighted by atomic mass is 16.1. The summed E-state index contributed by atoms with van der Waals surface area (Å²) in [4.78, 5) is 21.8. The van der Waals surface area contributed by atoms with Gasteiger partial charge in [-0.25, -0.2) is 0 Å². The summed E-state index contributed by atoms with van der Waals surface area (Å²) in [6.45, 7) is 6.15. The Bertz CT molecular complexity index is 253. The van der Waals surface area contributed by atoms with Crippen molar-refractivity contribution in [3.63, 3.8) is 0 Å². The quantitative estimate of drug-likeness (QED) is 0.393. The van der Waals surface area contributed by atoms with E-state index in [4.69, 9.17) is 0 Å². The predicted octanol–water partition coefficient (Wildman–Crippen LogP) is 2.01. The van der Waals surface area contributed by atoms with Gasteiger partial charge in [-0.15, -0.1) is 0 Å². The van der Waals surface area contributed by atoms with Crippen molar-refractivity contribution in [2.45, 2.75) is 13.3 Å². The number of allylic oxidation sites excluding steroid dienone is 5. The Balaban J connectivity index is 0. The van der Waals surface area contributed by atoms with Gasteiger partial charge in [-0.05, 0) is 21.0 Å². The molecule has 0 aliphatic carbocycles. The number of aldehydes is 2. The number of hydrogen-bond donors (Lipinski definition) is 0. The van der Waals surface area contributed by atoms with Gasteiger partial charge in [-0.1, -0.05) is 30.9 Å². The molecule has 0 aliphatic rings. The smallest absolute Gasteiger partial charge is 0.149 e. The van der Waals surface area contributed by atoms with Crippen LogP contribution < -0.4 is 0 Å². The number of nitrogens with zero attached hydrogens (tertiary/aromatic N) is 1. The van der Waals surface area contributed by atoms with Crippen LogP contribution in [0.15, 0.2) is 36.5 Å². The minimum atomic E-state index is 0.646. The van der Waals surface area contributed by atoms with Crippen molar-refractivity contribution in [1.29, 1.82) is 0 Å². The lowest BCUT2D eigenvalue weighted by molar-refractivity contribution is -0.108. The highest BCUT2D eigenvalue weighted by molar-refractivity contribution is 5.77. The fourth-order valence-corrected chi connectivity index (χ4v) is 0.694. The highest BCUT2D eigenvalue weighted by Crippen LogP contribution is 1.90. The third kappa shape index (κ3) is 15.0. The van der Waals surface area contributed by atoms with Crippen LogP contribution in [0.3, 0.4) is 0 Å². The van der Waals surface area contributed by atoms with E-state index in [9.17, 15) is 9.59 Å². The Morgan fingerprint density at radius 2 is 1.94 bits per heavy atom. The van der Waals surface area contributed by atoms with Crippen molar-refractivity contribution in [2.24, 2.45) is 0 Å². The molecule has 0 aromatic carbocycles. The van der Waals surface area contributed by atoms with Crippen LogP contribution in [0.25, 0.3) is 0 Å². The molecule has 0 bridgehead atoms. The molecule has 3 heteroatoms. The molecule has 0 saturated carbocycles. The van der Waals surface area contributed by atoms with Crippen molar-refractivity contribution in [3.8, 4) is 0 Å². The maximum Gasteiger partial charge on any atom is 0.149 e. The van der Waals surface area contributed by atoms with Crippen LogP contribution in [-0.2, 0) is 9.59 Å². The summed E-state index contributed by atoms with van der Waals surface area (Å²) < 4.78 is 0. The standard InChI is InChI=1S/C8H10O.C5H11NO/c1-3-5-6-8(4-2)7-9;1-6(2)4-3-5-7/h3-7H,1H2,2H3;5H,3-4H2,1-2H3/b6-5-,8-4+;. The Hall–Kier alpha value is -1.48. The fourth-order valence-electron chi connectivity index (χ4n) is 0.694. The van der Waals surface area contributed by atoms with E-state index in [0.29, 0.717) is 12.0 Å². The average Bonchev–Trinajstić information content (AvgIpc) is 2.29. The van der Waals surface area contributed by atoms with Crippen molar-refractivity contribution in [2.75, 3.05) is 20.6 Å². The number of rotatable bonds is 6. The van der Waals surface area contributed by atoms with Gasteiger partial charge < -0.3 is 9.69 Å². The zero-order valence-corrected chi connectivity index (χ0v) is 10.3. The van der Waals surface area contributed by atoms with Crippen LogP contribution in [-0.4, -0.2) is 38.1 Å². The molecule has 0 aliphatic heterocycles. The average molecular weight is 223 g/mol. The van der Waals surface area contributed by atoms with E-state index in [-0.39, 0.29) is 0 Å². The van der Waals surface area contributed by atoms with E-state index in [0.717, 1.165) is 19.1 Å². The van der Waals surface area contributed by atoms with Crippen LogP contribution in [0, 0.1) is 0 Å². The molecule has 0 heterocycles. The summed E-state index contributed by atoms with van der Waals surface area (Å²) in [5.74, 6) is 0. The van der Waals surface area contributed by atoms with Gasteiger partial charge >= 0.3 is 0 Å². The van der Waals surface area contributed by atoms with E-state index >= 15 is 0 Å². The zero-order valence-electron chi connectivity index (χ0n) is 10.3. The lowest BCUT2D eigenvalue weighted by Gasteiger charge is -2.03. The van der Waals surface area contributed by atoms with Gasteiger partial charge in [-0.3, -0.25) is 4.79 Å².